The van der Waals surface area contributed by atoms with Crippen LogP contribution >= 0.6 is 0 Å². The maximum absolute atomic E-state index is 12.1. The molecule has 0 unspecified atom stereocenters. The molecule has 0 spiro atoms. The van der Waals surface area contributed by atoms with Gasteiger partial charge in [-0.1, -0.05) is 26.8 Å². The number of hydrogen-bond acceptors (Lipinski definition) is 4. The third-order valence-electron chi connectivity index (χ3n) is 4.03. The second-order valence-corrected chi connectivity index (χ2v) is 9.37. The number of aromatic nitrogens is 1. The van der Waals surface area contributed by atoms with Crippen LogP contribution in [0.5, 0.6) is 5.88 Å². The lowest BCUT2D eigenvalue weighted by Gasteiger charge is -2.18. The van der Waals surface area contributed by atoms with E-state index in [0.29, 0.717) is 12.3 Å². The number of pyridine rings is 1. The minimum absolute atomic E-state index is 0.000201. The molecule has 0 radical (unpaired) electrons. The molecule has 23 heavy (non-hydrogen) atoms. The average molecular weight is 340 g/mol. The van der Waals surface area contributed by atoms with Gasteiger partial charge in [0.05, 0.1) is 5.75 Å². The lowest BCUT2D eigenvalue weighted by molar-refractivity contribution is 0.199. The first-order valence-corrected chi connectivity index (χ1v) is 9.98. The Labute approximate surface area is 139 Å². The second-order valence-electron chi connectivity index (χ2n) is 7.44. The molecule has 130 valence electrons. The zero-order valence-corrected chi connectivity index (χ0v) is 15.2. The molecule has 0 aromatic carbocycles. The maximum atomic E-state index is 12.1. The minimum Gasteiger partial charge on any atom is -0.474 e. The summed E-state index contributed by atoms with van der Waals surface area (Å²) in [5.41, 5.74) is 0.790. The molecule has 0 bridgehead atoms. The zero-order chi connectivity index (χ0) is 16.9. The van der Waals surface area contributed by atoms with Gasteiger partial charge in [-0.2, -0.15) is 0 Å². The number of rotatable bonds is 7. The first-order valence-electron chi connectivity index (χ1n) is 8.33. The van der Waals surface area contributed by atoms with E-state index >= 15 is 0 Å². The van der Waals surface area contributed by atoms with Crippen LogP contribution in [0.1, 0.15) is 58.4 Å². The Balaban J connectivity index is 1.94. The van der Waals surface area contributed by atoms with Crippen molar-refractivity contribution in [2.45, 2.75) is 65.5 Å². The molecule has 2 rings (SSSR count). The normalized spacial score (nSPS) is 16.7. The number of hydrogen-bond donors (Lipinski definition) is 1. The van der Waals surface area contributed by atoms with Crippen LogP contribution in [-0.4, -0.2) is 25.3 Å². The molecule has 0 saturated heterocycles. The van der Waals surface area contributed by atoms with Gasteiger partial charge in [-0.25, -0.2) is 18.1 Å². The summed E-state index contributed by atoms with van der Waals surface area (Å²) >= 11 is 0. The van der Waals surface area contributed by atoms with Crippen LogP contribution in [0.25, 0.3) is 0 Å². The van der Waals surface area contributed by atoms with Gasteiger partial charge in [0.2, 0.25) is 15.9 Å². The van der Waals surface area contributed by atoms with Crippen LogP contribution in [0, 0.1) is 5.41 Å². The SMILES string of the molecule is CC(C)(C)CCS(=O)(=O)NCc1cccnc1OC1CCCC1. The molecule has 1 aromatic heterocycles. The molecule has 1 aliphatic rings. The molecule has 1 fully saturated rings. The van der Waals surface area contributed by atoms with E-state index in [1.54, 1.807) is 12.3 Å². The molecule has 1 aliphatic carbocycles. The molecule has 0 aliphatic heterocycles. The van der Waals surface area contributed by atoms with E-state index in [2.05, 4.69) is 9.71 Å². The van der Waals surface area contributed by atoms with Crippen molar-refractivity contribution in [3.8, 4) is 5.88 Å². The largest absolute Gasteiger partial charge is 0.474 e. The second kappa shape index (κ2) is 7.62. The van der Waals surface area contributed by atoms with Crippen molar-refractivity contribution in [3.05, 3.63) is 23.9 Å². The van der Waals surface area contributed by atoms with Crippen LogP contribution in [0.3, 0.4) is 0 Å². The lowest BCUT2D eigenvalue weighted by Crippen LogP contribution is -2.28. The van der Waals surface area contributed by atoms with Gasteiger partial charge in [-0.15, -0.1) is 0 Å². The summed E-state index contributed by atoms with van der Waals surface area (Å²) in [7, 11) is -3.29. The summed E-state index contributed by atoms with van der Waals surface area (Å²) < 4.78 is 32.9. The highest BCUT2D eigenvalue weighted by molar-refractivity contribution is 7.89. The van der Waals surface area contributed by atoms with Crippen molar-refractivity contribution < 1.29 is 13.2 Å². The number of nitrogens with one attached hydrogen (secondary N) is 1. The molecule has 5 nitrogen and oxygen atoms in total. The van der Waals surface area contributed by atoms with Gasteiger partial charge in [-0.3, -0.25) is 0 Å². The van der Waals surface area contributed by atoms with E-state index in [4.69, 9.17) is 4.74 Å². The van der Waals surface area contributed by atoms with E-state index in [1.165, 1.54) is 12.8 Å². The highest BCUT2D eigenvalue weighted by atomic mass is 32.2. The van der Waals surface area contributed by atoms with Crippen LogP contribution < -0.4 is 9.46 Å². The fourth-order valence-electron chi connectivity index (χ4n) is 2.53. The highest BCUT2D eigenvalue weighted by Crippen LogP contribution is 2.25. The van der Waals surface area contributed by atoms with Crippen molar-refractivity contribution >= 4 is 10.0 Å². The van der Waals surface area contributed by atoms with Gasteiger partial charge in [0, 0.05) is 18.3 Å². The molecular weight excluding hydrogens is 312 g/mol. The molecule has 1 saturated carbocycles. The standard InChI is InChI=1S/C17H28N2O3S/c1-17(2,3)10-12-23(20,21)19-13-14-7-6-11-18-16(14)22-15-8-4-5-9-15/h6-7,11,15,19H,4-5,8-10,12-13H2,1-3H3. The Morgan fingerprint density at radius 1 is 1.30 bits per heavy atom. The monoisotopic (exact) mass is 340 g/mol. The lowest BCUT2D eigenvalue weighted by atomic mass is 9.94. The van der Waals surface area contributed by atoms with Crippen molar-refractivity contribution in [2.24, 2.45) is 5.41 Å². The molecule has 1 heterocycles. The van der Waals surface area contributed by atoms with E-state index in [0.717, 1.165) is 18.4 Å². The predicted octanol–water partition coefficient (Wildman–Crippen LogP) is 3.26. The van der Waals surface area contributed by atoms with Crippen LogP contribution in [0.2, 0.25) is 0 Å². The molecule has 1 aromatic rings. The zero-order valence-electron chi connectivity index (χ0n) is 14.3. The van der Waals surface area contributed by atoms with Gasteiger partial charge in [-0.05, 0) is 43.6 Å². The Hall–Kier alpha value is -1.14. The average Bonchev–Trinajstić information content (AvgIpc) is 2.97. The summed E-state index contributed by atoms with van der Waals surface area (Å²) in [4.78, 5) is 4.27. The van der Waals surface area contributed by atoms with Gasteiger partial charge in [0.15, 0.2) is 0 Å². The Bertz CT molecular complexity index is 603. The maximum Gasteiger partial charge on any atom is 0.218 e. The first kappa shape index (κ1) is 18.2. The number of ether oxygens (including phenoxy) is 1. The fraction of sp³-hybridized carbons (Fsp3) is 0.706. The van der Waals surface area contributed by atoms with E-state index < -0.39 is 10.0 Å². The third-order valence-corrected chi connectivity index (χ3v) is 5.36. The summed E-state index contributed by atoms with van der Waals surface area (Å²) in [5.74, 6) is 0.688. The quantitative estimate of drug-likeness (QED) is 0.827. The van der Waals surface area contributed by atoms with Gasteiger partial charge >= 0.3 is 0 Å². The van der Waals surface area contributed by atoms with Gasteiger partial charge < -0.3 is 4.74 Å². The van der Waals surface area contributed by atoms with E-state index in [9.17, 15) is 8.42 Å². The third kappa shape index (κ3) is 6.47. The van der Waals surface area contributed by atoms with Crippen molar-refractivity contribution in [2.75, 3.05) is 5.75 Å². The van der Waals surface area contributed by atoms with Crippen molar-refractivity contribution in [1.29, 1.82) is 0 Å². The van der Waals surface area contributed by atoms with E-state index in [1.807, 2.05) is 26.8 Å². The Morgan fingerprint density at radius 3 is 2.65 bits per heavy atom. The summed E-state index contributed by atoms with van der Waals surface area (Å²) in [5, 5.41) is 0. The van der Waals surface area contributed by atoms with E-state index in [-0.39, 0.29) is 23.8 Å². The van der Waals surface area contributed by atoms with Crippen LogP contribution in [-0.2, 0) is 16.6 Å². The smallest absolute Gasteiger partial charge is 0.218 e. The predicted molar refractivity (Wildman–Crippen MR) is 91.8 cm³/mol. The Kier molecular flexibility index (Phi) is 6.03. The topological polar surface area (TPSA) is 68.3 Å². The summed E-state index contributed by atoms with van der Waals surface area (Å²) in [6.45, 7) is 6.34. The van der Waals surface area contributed by atoms with Crippen molar-refractivity contribution in [3.63, 3.8) is 0 Å². The molecule has 6 heteroatoms. The molecule has 0 atom stereocenters. The number of sulfonamides is 1. The molecular formula is C17H28N2O3S. The Morgan fingerprint density at radius 2 is 2.00 bits per heavy atom. The first-order chi connectivity index (χ1) is 10.8. The molecule has 0 amide bonds. The minimum atomic E-state index is -3.29. The van der Waals surface area contributed by atoms with Gasteiger partial charge in [0.25, 0.3) is 0 Å². The highest BCUT2D eigenvalue weighted by Gasteiger charge is 2.20. The van der Waals surface area contributed by atoms with Gasteiger partial charge in [0.1, 0.15) is 6.10 Å². The van der Waals surface area contributed by atoms with Crippen LogP contribution in [0.15, 0.2) is 18.3 Å². The summed E-state index contributed by atoms with van der Waals surface area (Å²) in [6.07, 6.45) is 6.99. The summed E-state index contributed by atoms with van der Waals surface area (Å²) in [6, 6.07) is 3.67. The van der Waals surface area contributed by atoms with Crippen molar-refractivity contribution in [1.82, 2.24) is 9.71 Å². The van der Waals surface area contributed by atoms with Crippen LogP contribution in [0.4, 0.5) is 0 Å². The molecule has 1 N–H and O–H groups in total. The fourth-order valence-corrected chi connectivity index (χ4v) is 3.93. The number of nitrogens with zero attached hydrogens (tertiary/aromatic N) is 1.